The number of hydrogen-bond donors (Lipinski definition) is 1. The van der Waals surface area contributed by atoms with Gasteiger partial charge in [-0.25, -0.2) is 0 Å². The summed E-state index contributed by atoms with van der Waals surface area (Å²) >= 11 is 0. The highest BCUT2D eigenvalue weighted by Crippen LogP contribution is 2.22. The van der Waals surface area contributed by atoms with Gasteiger partial charge in [-0.3, -0.25) is 4.90 Å². The fraction of sp³-hybridized carbons (Fsp3) is 0.857. The predicted octanol–water partition coefficient (Wildman–Crippen LogP) is 1.39. The van der Waals surface area contributed by atoms with Crippen molar-refractivity contribution < 1.29 is 9.26 Å². The zero-order valence-electron chi connectivity index (χ0n) is 12.8. The van der Waals surface area contributed by atoms with E-state index in [9.17, 15) is 0 Å². The number of piperazine rings is 1. The molecule has 1 N–H and O–H groups in total. The Bertz CT molecular complexity index is 390. The Labute approximate surface area is 120 Å². The Kier molecular flexibility index (Phi) is 5.94. The largest absolute Gasteiger partial charge is 0.382 e. The van der Waals surface area contributed by atoms with E-state index in [-0.39, 0.29) is 12.1 Å². The standard InChI is InChI=1S/C14H26N4O2/c1-4-12(18-9-7-15-8-10-18)14-16-13(20-17-14)6-5-11(2)19-3/h11-12,15H,4-10H2,1-3H3. The van der Waals surface area contributed by atoms with Gasteiger partial charge in [-0.15, -0.1) is 0 Å². The molecule has 0 bridgehead atoms. The van der Waals surface area contributed by atoms with E-state index >= 15 is 0 Å². The summed E-state index contributed by atoms with van der Waals surface area (Å²) in [6, 6.07) is 0.273. The molecular weight excluding hydrogens is 256 g/mol. The fourth-order valence-electron chi connectivity index (χ4n) is 2.55. The molecule has 1 aromatic heterocycles. The van der Waals surface area contributed by atoms with Gasteiger partial charge in [0.15, 0.2) is 5.82 Å². The van der Waals surface area contributed by atoms with E-state index in [1.807, 2.05) is 6.92 Å². The minimum atomic E-state index is 0.223. The zero-order valence-corrected chi connectivity index (χ0v) is 12.8. The number of nitrogens with zero attached hydrogens (tertiary/aromatic N) is 3. The van der Waals surface area contributed by atoms with Gasteiger partial charge in [0.2, 0.25) is 5.89 Å². The molecule has 2 heterocycles. The number of aromatic nitrogens is 2. The van der Waals surface area contributed by atoms with E-state index in [0.717, 1.165) is 57.2 Å². The van der Waals surface area contributed by atoms with Crippen LogP contribution in [-0.4, -0.2) is 54.4 Å². The van der Waals surface area contributed by atoms with E-state index in [2.05, 4.69) is 27.3 Å². The minimum absolute atomic E-state index is 0.223. The maximum absolute atomic E-state index is 5.37. The second kappa shape index (κ2) is 7.71. The maximum atomic E-state index is 5.37. The van der Waals surface area contributed by atoms with Crippen LogP contribution in [0.5, 0.6) is 0 Å². The third-order valence-corrected chi connectivity index (χ3v) is 3.93. The van der Waals surface area contributed by atoms with Crippen molar-refractivity contribution >= 4 is 0 Å². The Morgan fingerprint density at radius 1 is 1.40 bits per heavy atom. The Morgan fingerprint density at radius 2 is 2.15 bits per heavy atom. The monoisotopic (exact) mass is 282 g/mol. The Balaban J connectivity index is 1.94. The van der Waals surface area contributed by atoms with Crippen LogP contribution in [-0.2, 0) is 11.2 Å². The van der Waals surface area contributed by atoms with Crippen molar-refractivity contribution in [1.29, 1.82) is 0 Å². The number of rotatable bonds is 7. The van der Waals surface area contributed by atoms with Gasteiger partial charge >= 0.3 is 0 Å². The number of nitrogens with one attached hydrogen (secondary N) is 1. The van der Waals surface area contributed by atoms with Crippen LogP contribution in [0, 0.1) is 0 Å². The third-order valence-electron chi connectivity index (χ3n) is 3.93. The zero-order chi connectivity index (χ0) is 14.4. The van der Waals surface area contributed by atoms with Crippen LogP contribution in [0.25, 0.3) is 0 Å². The molecule has 2 rings (SSSR count). The molecule has 1 aliphatic heterocycles. The first-order valence-electron chi connectivity index (χ1n) is 7.54. The van der Waals surface area contributed by atoms with E-state index in [1.165, 1.54) is 0 Å². The van der Waals surface area contributed by atoms with Crippen molar-refractivity contribution in [2.24, 2.45) is 0 Å². The summed E-state index contributed by atoms with van der Waals surface area (Å²) in [4.78, 5) is 7.00. The van der Waals surface area contributed by atoms with E-state index in [4.69, 9.17) is 9.26 Å². The van der Waals surface area contributed by atoms with E-state index in [1.54, 1.807) is 7.11 Å². The number of methoxy groups -OCH3 is 1. The van der Waals surface area contributed by atoms with E-state index in [0.29, 0.717) is 0 Å². The van der Waals surface area contributed by atoms with Crippen LogP contribution in [0.2, 0.25) is 0 Å². The summed E-state index contributed by atoms with van der Waals surface area (Å²) < 4.78 is 10.6. The lowest BCUT2D eigenvalue weighted by Crippen LogP contribution is -2.45. The molecule has 1 saturated heterocycles. The number of ether oxygens (including phenoxy) is 1. The molecule has 2 unspecified atom stereocenters. The van der Waals surface area contributed by atoms with Crippen LogP contribution in [0.4, 0.5) is 0 Å². The van der Waals surface area contributed by atoms with Crippen LogP contribution < -0.4 is 5.32 Å². The van der Waals surface area contributed by atoms with Crippen LogP contribution in [0.1, 0.15) is 44.4 Å². The summed E-state index contributed by atoms with van der Waals surface area (Å²) in [7, 11) is 1.72. The molecule has 2 atom stereocenters. The first kappa shape index (κ1) is 15.4. The lowest BCUT2D eigenvalue weighted by molar-refractivity contribution is 0.109. The summed E-state index contributed by atoms with van der Waals surface area (Å²) in [6.07, 6.45) is 2.91. The maximum Gasteiger partial charge on any atom is 0.226 e. The molecule has 0 aromatic carbocycles. The summed E-state index contributed by atoms with van der Waals surface area (Å²) in [5.74, 6) is 1.55. The van der Waals surface area contributed by atoms with Gasteiger partial charge < -0.3 is 14.6 Å². The Hall–Kier alpha value is -0.980. The Morgan fingerprint density at radius 3 is 2.80 bits per heavy atom. The minimum Gasteiger partial charge on any atom is -0.382 e. The molecule has 6 nitrogen and oxygen atoms in total. The van der Waals surface area contributed by atoms with Crippen LogP contribution >= 0.6 is 0 Å². The second-order valence-corrected chi connectivity index (χ2v) is 5.34. The van der Waals surface area contributed by atoms with Gasteiger partial charge in [0.1, 0.15) is 0 Å². The molecule has 1 aromatic rings. The summed E-state index contributed by atoms with van der Waals surface area (Å²) in [5.41, 5.74) is 0. The molecule has 114 valence electrons. The molecule has 0 radical (unpaired) electrons. The van der Waals surface area contributed by atoms with Crippen LogP contribution in [0.15, 0.2) is 4.52 Å². The van der Waals surface area contributed by atoms with Gasteiger partial charge in [-0.05, 0) is 19.8 Å². The van der Waals surface area contributed by atoms with Crippen molar-refractivity contribution in [3.8, 4) is 0 Å². The average Bonchev–Trinajstić information content (AvgIpc) is 2.95. The molecule has 1 fully saturated rings. The molecule has 0 saturated carbocycles. The van der Waals surface area contributed by atoms with Crippen molar-refractivity contribution in [1.82, 2.24) is 20.4 Å². The normalized spacial score (nSPS) is 19.9. The predicted molar refractivity (Wildman–Crippen MR) is 76.6 cm³/mol. The average molecular weight is 282 g/mol. The molecule has 6 heteroatoms. The van der Waals surface area contributed by atoms with Crippen molar-refractivity contribution in [2.75, 3.05) is 33.3 Å². The van der Waals surface area contributed by atoms with Crippen LogP contribution in [0.3, 0.4) is 0 Å². The van der Waals surface area contributed by atoms with Gasteiger partial charge in [-0.1, -0.05) is 12.1 Å². The van der Waals surface area contributed by atoms with Crippen molar-refractivity contribution in [3.63, 3.8) is 0 Å². The van der Waals surface area contributed by atoms with E-state index < -0.39 is 0 Å². The first-order valence-corrected chi connectivity index (χ1v) is 7.54. The first-order chi connectivity index (χ1) is 9.74. The highest BCUT2D eigenvalue weighted by atomic mass is 16.5. The summed E-state index contributed by atoms with van der Waals surface area (Å²) in [5, 5.41) is 7.55. The van der Waals surface area contributed by atoms with Crippen molar-refractivity contribution in [3.05, 3.63) is 11.7 Å². The lowest BCUT2D eigenvalue weighted by Gasteiger charge is -2.32. The van der Waals surface area contributed by atoms with Gasteiger partial charge in [0, 0.05) is 39.7 Å². The molecular formula is C14H26N4O2. The highest BCUT2D eigenvalue weighted by molar-refractivity contribution is 4.96. The molecule has 20 heavy (non-hydrogen) atoms. The fourth-order valence-corrected chi connectivity index (χ4v) is 2.55. The smallest absolute Gasteiger partial charge is 0.226 e. The quantitative estimate of drug-likeness (QED) is 0.815. The topological polar surface area (TPSA) is 63.4 Å². The second-order valence-electron chi connectivity index (χ2n) is 5.34. The highest BCUT2D eigenvalue weighted by Gasteiger charge is 2.24. The summed E-state index contributed by atoms with van der Waals surface area (Å²) in [6.45, 7) is 8.38. The molecule has 1 aliphatic rings. The number of hydrogen-bond acceptors (Lipinski definition) is 6. The van der Waals surface area contributed by atoms with Gasteiger partial charge in [0.25, 0.3) is 0 Å². The SMILES string of the molecule is CCC(c1noc(CCC(C)OC)n1)N1CCNCC1. The lowest BCUT2D eigenvalue weighted by atomic mass is 10.1. The van der Waals surface area contributed by atoms with Gasteiger partial charge in [0.05, 0.1) is 12.1 Å². The van der Waals surface area contributed by atoms with Crippen molar-refractivity contribution in [2.45, 2.75) is 45.3 Å². The third kappa shape index (κ3) is 4.01. The molecule has 0 amide bonds. The van der Waals surface area contributed by atoms with Gasteiger partial charge in [-0.2, -0.15) is 4.98 Å². The molecule has 0 aliphatic carbocycles. The molecule has 0 spiro atoms. The number of aryl methyl sites for hydroxylation is 1.